The smallest absolute Gasteiger partial charge is 0.127 e. The highest BCUT2D eigenvalue weighted by Crippen LogP contribution is 2.10. The molecule has 0 spiro atoms. The third-order valence-electron chi connectivity index (χ3n) is 2.65. The monoisotopic (exact) mass is 268 g/mol. The van der Waals surface area contributed by atoms with Crippen LogP contribution in [0.25, 0.3) is 0 Å². The minimum atomic E-state index is -0.801. The highest BCUT2D eigenvalue weighted by Gasteiger charge is 2.07. The van der Waals surface area contributed by atoms with Gasteiger partial charge < -0.3 is 5.32 Å². The zero-order valence-corrected chi connectivity index (χ0v) is 11.4. The second-order valence-corrected chi connectivity index (χ2v) is 5.82. The number of rotatable bonds is 6. The highest BCUT2D eigenvalue weighted by molar-refractivity contribution is 7.84. The van der Waals surface area contributed by atoms with Crippen molar-refractivity contribution in [1.29, 1.82) is 5.26 Å². The first-order chi connectivity index (χ1) is 8.52. The van der Waals surface area contributed by atoms with Gasteiger partial charge in [-0.05, 0) is 31.5 Å². The van der Waals surface area contributed by atoms with E-state index in [-0.39, 0.29) is 11.9 Å². The zero-order chi connectivity index (χ0) is 13.5. The van der Waals surface area contributed by atoms with Gasteiger partial charge in [-0.1, -0.05) is 0 Å². The van der Waals surface area contributed by atoms with Crippen molar-refractivity contribution in [1.82, 2.24) is 5.32 Å². The highest BCUT2D eigenvalue weighted by atomic mass is 32.2. The number of nitriles is 1. The average Bonchev–Trinajstić information content (AvgIpc) is 2.35. The lowest BCUT2D eigenvalue weighted by molar-refractivity contribution is 0.517. The van der Waals surface area contributed by atoms with Gasteiger partial charge in [-0.15, -0.1) is 0 Å². The van der Waals surface area contributed by atoms with Crippen molar-refractivity contribution in [2.24, 2.45) is 0 Å². The van der Waals surface area contributed by atoms with Crippen molar-refractivity contribution in [2.75, 3.05) is 12.0 Å². The molecule has 1 aromatic carbocycles. The van der Waals surface area contributed by atoms with Crippen molar-refractivity contribution < 1.29 is 8.60 Å². The summed E-state index contributed by atoms with van der Waals surface area (Å²) in [6, 6.07) is 6.47. The Hall–Kier alpha value is -1.25. The lowest BCUT2D eigenvalue weighted by Crippen LogP contribution is -2.27. The van der Waals surface area contributed by atoms with Crippen molar-refractivity contribution in [2.45, 2.75) is 25.9 Å². The summed E-state index contributed by atoms with van der Waals surface area (Å²) in [6.45, 7) is 2.35. The molecule has 0 saturated heterocycles. The molecule has 2 atom stereocenters. The van der Waals surface area contributed by atoms with Gasteiger partial charge in [-0.2, -0.15) is 5.26 Å². The summed E-state index contributed by atoms with van der Waals surface area (Å²) in [5, 5.41) is 11.9. The maximum absolute atomic E-state index is 13.5. The van der Waals surface area contributed by atoms with E-state index in [1.807, 2.05) is 13.0 Å². The van der Waals surface area contributed by atoms with E-state index < -0.39 is 10.8 Å². The predicted molar refractivity (Wildman–Crippen MR) is 71.0 cm³/mol. The molecule has 1 aromatic rings. The maximum atomic E-state index is 13.5. The van der Waals surface area contributed by atoms with E-state index in [0.29, 0.717) is 23.4 Å². The first-order valence-electron chi connectivity index (χ1n) is 5.75. The van der Waals surface area contributed by atoms with Crippen LogP contribution in [0.4, 0.5) is 4.39 Å². The molecule has 1 rings (SSSR count). The first kappa shape index (κ1) is 14.8. The Labute approximate surface area is 109 Å². The number of nitrogens with zero attached hydrogens (tertiary/aromatic N) is 1. The fourth-order valence-electron chi connectivity index (χ4n) is 1.51. The molecule has 0 aromatic heterocycles. The standard InChI is InChI=1S/C13H17FN2OS/c1-10(5-6-18(2)17)16-9-12-7-11(8-15)3-4-13(12)14/h3-4,7,10,16H,5-6,9H2,1-2H3. The van der Waals surface area contributed by atoms with Gasteiger partial charge in [0.05, 0.1) is 11.6 Å². The van der Waals surface area contributed by atoms with Crippen LogP contribution in [0.15, 0.2) is 18.2 Å². The van der Waals surface area contributed by atoms with Crippen LogP contribution in [0.2, 0.25) is 0 Å². The van der Waals surface area contributed by atoms with Crippen LogP contribution >= 0.6 is 0 Å². The third-order valence-corrected chi connectivity index (χ3v) is 3.46. The summed E-state index contributed by atoms with van der Waals surface area (Å²) in [5.74, 6) is 0.322. The molecule has 18 heavy (non-hydrogen) atoms. The number of hydrogen-bond donors (Lipinski definition) is 1. The molecular weight excluding hydrogens is 251 g/mol. The summed E-state index contributed by atoms with van der Waals surface area (Å²) >= 11 is 0. The van der Waals surface area contributed by atoms with Crippen molar-refractivity contribution in [3.8, 4) is 6.07 Å². The van der Waals surface area contributed by atoms with Crippen molar-refractivity contribution in [3.05, 3.63) is 35.1 Å². The Morgan fingerprint density at radius 1 is 1.56 bits per heavy atom. The molecule has 1 N–H and O–H groups in total. The molecule has 5 heteroatoms. The molecule has 0 aliphatic heterocycles. The Morgan fingerprint density at radius 3 is 2.89 bits per heavy atom. The van der Waals surface area contributed by atoms with E-state index in [4.69, 9.17) is 5.26 Å². The largest absolute Gasteiger partial charge is 0.310 e. The summed E-state index contributed by atoms with van der Waals surface area (Å²) in [4.78, 5) is 0. The van der Waals surface area contributed by atoms with E-state index in [0.717, 1.165) is 6.42 Å². The van der Waals surface area contributed by atoms with Crippen LogP contribution in [0.1, 0.15) is 24.5 Å². The van der Waals surface area contributed by atoms with E-state index in [2.05, 4.69) is 5.32 Å². The average molecular weight is 268 g/mol. The van der Waals surface area contributed by atoms with Gasteiger partial charge in [-0.25, -0.2) is 4.39 Å². The minimum absolute atomic E-state index is 0.166. The molecule has 0 aliphatic rings. The van der Waals surface area contributed by atoms with Gasteiger partial charge in [0, 0.05) is 41.0 Å². The second-order valence-electron chi connectivity index (χ2n) is 4.27. The molecule has 0 saturated carbocycles. The Bertz CT molecular complexity index is 471. The molecule has 0 radical (unpaired) electrons. The second kappa shape index (κ2) is 7.24. The third kappa shape index (κ3) is 4.94. The maximum Gasteiger partial charge on any atom is 0.127 e. The van der Waals surface area contributed by atoms with Crippen molar-refractivity contribution >= 4 is 10.8 Å². The topological polar surface area (TPSA) is 52.9 Å². The Kier molecular flexibility index (Phi) is 5.96. The SMILES string of the molecule is CC(CCS(C)=O)NCc1cc(C#N)ccc1F. The lowest BCUT2D eigenvalue weighted by atomic mass is 10.1. The first-order valence-corrected chi connectivity index (χ1v) is 7.47. The molecule has 3 nitrogen and oxygen atoms in total. The van der Waals surface area contributed by atoms with Gasteiger partial charge in [0.1, 0.15) is 5.82 Å². The predicted octanol–water partition coefficient (Wildman–Crippen LogP) is 1.94. The Balaban J connectivity index is 2.52. The van der Waals surface area contributed by atoms with Gasteiger partial charge in [0.2, 0.25) is 0 Å². The molecule has 2 unspecified atom stereocenters. The molecule has 98 valence electrons. The summed E-state index contributed by atoms with van der Waals surface area (Å²) in [6.07, 6.45) is 2.45. The molecule has 0 aliphatic carbocycles. The van der Waals surface area contributed by atoms with Crippen LogP contribution in [0.5, 0.6) is 0 Å². The molecule has 0 fully saturated rings. The van der Waals surface area contributed by atoms with E-state index in [9.17, 15) is 8.60 Å². The number of hydrogen-bond acceptors (Lipinski definition) is 3. The van der Waals surface area contributed by atoms with Crippen LogP contribution in [-0.4, -0.2) is 22.3 Å². The zero-order valence-electron chi connectivity index (χ0n) is 10.6. The van der Waals surface area contributed by atoms with Crippen LogP contribution in [0.3, 0.4) is 0 Å². The van der Waals surface area contributed by atoms with Gasteiger partial charge in [0.25, 0.3) is 0 Å². The number of halogens is 1. The number of nitrogens with one attached hydrogen (secondary N) is 1. The fraction of sp³-hybridized carbons (Fsp3) is 0.462. The van der Waals surface area contributed by atoms with Crippen LogP contribution in [-0.2, 0) is 17.3 Å². The van der Waals surface area contributed by atoms with Crippen LogP contribution in [0, 0.1) is 17.1 Å². The quantitative estimate of drug-likeness (QED) is 0.858. The van der Waals surface area contributed by atoms with Crippen molar-refractivity contribution in [3.63, 3.8) is 0 Å². The Morgan fingerprint density at radius 2 is 2.28 bits per heavy atom. The van der Waals surface area contributed by atoms with Crippen LogP contribution < -0.4 is 5.32 Å². The minimum Gasteiger partial charge on any atom is -0.310 e. The summed E-state index contributed by atoms with van der Waals surface area (Å²) < 4.78 is 24.4. The van der Waals surface area contributed by atoms with E-state index >= 15 is 0 Å². The summed E-state index contributed by atoms with van der Waals surface area (Å²) in [5.41, 5.74) is 0.939. The lowest BCUT2D eigenvalue weighted by Gasteiger charge is -2.13. The van der Waals surface area contributed by atoms with E-state index in [1.165, 1.54) is 12.1 Å². The van der Waals surface area contributed by atoms with Gasteiger partial charge >= 0.3 is 0 Å². The normalized spacial score (nSPS) is 13.9. The molecule has 0 heterocycles. The molecule has 0 bridgehead atoms. The van der Waals surface area contributed by atoms with E-state index in [1.54, 1.807) is 12.3 Å². The fourth-order valence-corrected chi connectivity index (χ4v) is 2.19. The molecule has 0 amide bonds. The molecular formula is C13H17FN2OS. The number of benzene rings is 1. The van der Waals surface area contributed by atoms with Gasteiger partial charge in [0.15, 0.2) is 0 Å². The van der Waals surface area contributed by atoms with Gasteiger partial charge in [-0.3, -0.25) is 4.21 Å². The summed E-state index contributed by atoms with van der Waals surface area (Å²) in [7, 11) is -0.801.